The highest BCUT2D eigenvalue weighted by molar-refractivity contribution is 8.17. The van der Waals surface area contributed by atoms with E-state index in [9.17, 15) is 22.8 Å². The molecule has 2 heterocycles. The molecule has 1 saturated heterocycles. The molecule has 43 heavy (non-hydrogen) atoms. The average Bonchev–Trinajstić information content (AvgIpc) is 3.36. The van der Waals surface area contributed by atoms with Gasteiger partial charge >= 0.3 is 11.5 Å². The molecule has 1 amide bonds. The van der Waals surface area contributed by atoms with Crippen molar-refractivity contribution in [3.05, 3.63) is 44.6 Å². The van der Waals surface area contributed by atoms with Crippen LogP contribution < -0.4 is 0 Å². The van der Waals surface area contributed by atoms with Gasteiger partial charge in [-0.1, -0.05) is 38.6 Å². The quantitative estimate of drug-likeness (QED) is 0.0889. The minimum atomic E-state index is -4.41. The van der Waals surface area contributed by atoms with Gasteiger partial charge in [-0.3, -0.25) is 15.0 Å². The van der Waals surface area contributed by atoms with Gasteiger partial charge in [0.1, 0.15) is 0 Å². The lowest BCUT2D eigenvalue weighted by atomic mass is 9.86. The third-order valence-electron chi connectivity index (χ3n) is 6.82. The van der Waals surface area contributed by atoms with E-state index < -0.39 is 5.51 Å². The van der Waals surface area contributed by atoms with Crippen LogP contribution >= 0.6 is 46.5 Å². The topological polar surface area (TPSA) is 83.3 Å². The number of nitrogens with zero attached hydrogens (tertiary/aromatic N) is 2. The second-order valence-electron chi connectivity index (χ2n) is 11.1. The van der Waals surface area contributed by atoms with E-state index >= 15 is 0 Å². The van der Waals surface area contributed by atoms with E-state index in [0.29, 0.717) is 42.1 Å². The van der Waals surface area contributed by atoms with Crippen LogP contribution in [0.25, 0.3) is 11.3 Å². The molecular formula is C30H37ClF3N3O3S3. The molecule has 1 aromatic carbocycles. The molecule has 0 unspecified atom stereocenters. The SMILES string of the molecule is C/C=C(\CC(=O)OCC)SC(=N)CC(=O)N1CCC(c2nc(-c3cc(SC(F)(F)F)cc(C(C)(C)C)c3)c(CCl)s2)CC1. The first-order chi connectivity index (χ1) is 20.1. The Morgan fingerprint density at radius 2 is 1.86 bits per heavy atom. The van der Waals surface area contributed by atoms with E-state index in [-0.39, 0.29) is 70.2 Å². The summed E-state index contributed by atoms with van der Waals surface area (Å²) in [6.07, 6.45) is 3.14. The molecule has 236 valence electrons. The van der Waals surface area contributed by atoms with Gasteiger partial charge in [0.05, 0.1) is 41.1 Å². The fourth-order valence-corrected chi connectivity index (χ4v) is 7.45. The predicted molar refractivity (Wildman–Crippen MR) is 171 cm³/mol. The molecular weight excluding hydrogens is 639 g/mol. The van der Waals surface area contributed by atoms with Gasteiger partial charge in [-0.05, 0) is 72.5 Å². The number of carbonyl (C=O) groups is 2. The summed E-state index contributed by atoms with van der Waals surface area (Å²) < 4.78 is 44.8. The van der Waals surface area contributed by atoms with Gasteiger partial charge in [0.15, 0.2) is 0 Å². The van der Waals surface area contributed by atoms with Crippen LogP contribution in [0, 0.1) is 5.41 Å². The zero-order valence-corrected chi connectivity index (χ0v) is 28.1. The second kappa shape index (κ2) is 15.3. The molecule has 0 aliphatic carbocycles. The van der Waals surface area contributed by atoms with Gasteiger partial charge in [-0.15, -0.1) is 22.9 Å². The summed E-state index contributed by atoms with van der Waals surface area (Å²) >= 11 is 8.75. The Morgan fingerprint density at radius 3 is 2.42 bits per heavy atom. The number of nitrogens with one attached hydrogen (secondary N) is 1. The number of amides is 1. The van der Waals surface area contributed by atoms with Crippen LogP contribution in [-0.4, -0.2) is 52.0 Å². The van der Waals surface area contributed by atoms with Gasteiger partial charge in [0.25, 0.3) is 0 Å². The summed E-state index contributed by atoms with van der Waals surface area (Å²) in [6, 6.07) is 5.01. The lowest BCUT2D eigenvalue weighted by molar-refractivity contribution is -0.142. The number of thiazole rings is 1. The van der Waals surface area contributed by atoms with Crippen molar-refractivity contribution >= 4 is 63.4 Å². The summed E-state index contributed by atoms with van der Waals surface area (Å²) in [7, 11) is 0. The highest BCUT2D eigenvalue weighted by atomic mass is 35.5. The largest absolute Gasteiger partial charge is 0.466 e. The number of rotatable bonds is 10. The molecule has 1 aliphatic heterocycles. The number of hydrogen-bond donors (Lipinski definition) is 1. The number of esters is 1. The second-order valence-corrected chi connectivity index (χ2v) is 14.8. The predicted octanol–water partition coefficient (Wildman–Crippen LogP) is 9.12. The van der Waals surface area contributed by atoms with Crippen LogP contribution in [-0.2, 0) is 25.6 Å². The smallest absolute Gasteiger partial charge is 0.446 e. The average molecular weight is 676 g/mol. The summed E-state index contributed by atoms with van der Waals surface area (Å²) in [5.41, 5.74) is -2.76. The van der Waals surface area contributed by atoms with Crippen LogP contribution in [0.15, 0.2) is 34.1 Å². The minimum Gasteiger partial charge on any atom is -0.466 e. The van der Waals surface area contributed by atoms with Crippen LogP contribution in [0.3, 0.4) is 0 Å². The van der Waals surface area contributed by atoms with E-state index in [0.717, 1.165) is 27.2 Å². The summed E-state index contributed by atoms with van der Waals surface area (Å²) in [5, 5.41) is 9.31. The van der Waals surface area contributed by atoms with Crippen LogP contribution in [0.2, 0.25) is 0 Å². The van der Waals surface area contributed by atoms with Crippen LogP contribution in [0.1, 0.15) is 81.7 Å². The van der Waals surface area contributed by atoms with Gasteiger partial charge in [0.2, 0.25) is 5.91 Å². The van der Waals surface area contributed by atoms with E-state index in [2.05, 4.69) is 0 Å². The highest BCUT2D eigenvalue weighted by Crippen LogP contribution is 2.43. The fraction of sp³-hybridized carbons (Fsp3) is 0.533. The van der Waals surface area contributed by atoms with E-state index in [1.165, 1.54) is 17.4 Å². The zero-order valence-electron chi connectivity index (χ0n) is 24.9. The summed E-state index contributed by atoms with van der Waals surface area (Å²) in [6.45, 7) is 10.7. The number of ether oxygens (including phenoxy) is 1. The first-order valence-electron chi connectivity index (χ1n) is 13.9. The molecule has 0 spiro atoms. The van der Waals surface area contributed by atoms with Crippen LogP contribution in [0.5, 0.6) is 0 Å². The Kier molecular flexibility index (Phi) is 12.6. The minimum absolute atomic E-state index is 0.0459. The van der Waals surface area contributed by atoms with E-state index in [4.69, 9.17) is 26.7 Å². The van der Waals surface area contributed by atoms with Gasteiger partial charge in [-0.2, -0.15) is 13.2 Å². The molecule has 0 atom stereocenters. The molecule has 0 radical (unpaired) electrons. The van der Waals surface area contributed by atoms with Gasteiger partial charge < -0.3 is 9.64 Å². The molecule has 2 aromatic rings. The van der Waals surface area contributed by atoms with E-state index in [1.807, 2.05) is 26.8 Å². The molecule has 1 N–H and O–H groups in total. The number of thioether (sulfide) groups is 2. The zero-order chi connectivity index (χ0) is 31.9. The normalized spacial score (nSPS) is 15.1. The Labute approximate surface area is 268 Å². The molecule has 0 saturated carbocycles. The number of halogens is 4. The van der Waals surface area contributed by atoms with Crippen molar-refractivity contribution in [3.8, 4) is 11.3 Å². The van der Waals surface area contributed by atoms with Gasteiger partial charge in [0, 0.05) is 34.3 Å². The van der Waals surface area contributed by atoms with Crippen molar-refractivity contribution < 1.29 is 27.5 Å². The third-order valence-corrected chi connectivity index (χ3v) is 10.2. The molecule has 1 aliphatic rings. The molecule has 0 bridgehead atoms. The number of allylic oxidation sites excluding steroid dienone is 1. The fourth-order valence-electron chi connectivity index (χ4n) is 4.59. The highest BCUT2D eigenvalue weighted by Gasteiger charge is 2.31. The maximum Gasteiger partial charge on any atom is 0.446 e. The maximum absolute atomic E-state index is 13.3. The first kappa shape index (κ1) is 35.5. The summed E-state index contributed by atoms with van der Waals surface area (Å²) in [5.74, 6) is -0.227. The summed E-state index contributed by atoms with van der Waals surface area (Å²) in [4.78, 5) is 32.9. The maximum atomic E-state index is 13.3. The lowest BCUT2D eigenvalue weighted by Crippen LogP contribution is -2.38. The molecule has 6 nitrogen and oxygen atoms in total. The third kappa shape index (κ3) is 10.5. The van der Waals surface area contributed by atoms with Crippen LogP contribution in [0.4, 0.5) is 13.2 Å². The van der Waals surface area contributed by atoms with Crippen molar-refractivity contribution in [2.24, 2.45) is 0 Å². The number of aromatic nitrogens is 1. The number of carbonyl (C=O) groups excluding carboxylic acids is 2. The van der Waals surface area contributed by atoms with Crippen molar-refractivity contribution in [1.82, 2.24) is 9.88 Å². The Bertz CT molecular complexity index is 1350. The molecule has 1 fully saturated rings. The Morgan fingerprint density at radius 1 is 1.19 bits per heavy atom. The van der Waals surface area contributed by atoms with Crippen molar-refractivity contribution in [3.63, 3.8) is 0 Å². The monoisotopic (exact) mass is 675 g/mol. The molecule has 3 rings (SSSR count). The van der Waals surface area contributed by atoms with Gasteiger partial charge in [-0.25, -0.2) is 4.98 Å². The standard InChI is InChI=1S/C30H37ClF3N3O3S3/c1-6-21(15-26(39)40-7-2)41-24(35)16-25(38)37-10-8-18(9-11-37)28-36-27(23(17-31)42-28)19-12-20(29(3,4)5)14-22(13-19)43-30(32,33)34/h6,12-14,18,35H,7-11,15-17H2,1-5H3/b21-6+,35-24?. The Hall–Kier alpha value is -2.02. The van der Waals surface area contributed by atoms with Crippen molar-refractivity contribution in [1.29, 1.82) is 5.41 Å². The molecule has 13 heteroatoms. The van der Waals surface area contributed by atoms with Crippen molar-refractivity contribution in [2.75, 3.05) is 19.7 Å². The number of likely N-dealkylation sites (tertiary alicyclic amines) is 1. The number of alkyl halides is 4. The molecule has 1 aromatic heterocycles. The van der Waals surface area contributed by atoms with E-state index in [1.54, 1.807) is 30.9 Å². The number of piperidine rings is 1. The Balaban J connectivity index is 1.69. The van der Waals surface area contributed by atoms with Crippen molar-refractivity contribution in [2.45, 2.75) is 87.9 Å². The number of benzene rings is 1. The number of hydrogen-bond acceptors (Lipinski definition) is 8. The lowest BCUT2D eigenvalue weighted by Gasteiger charge is -2.31. The first-order valence-corrected chi connectivity index (χ1v) is 16.9.